The number of carbonyl (C=O) groups is 1. The number of benzene rings is 1. The molecule has 140 valence electrons. The number of fused-ring (bicyclic) bond motifs is 1. The highest BCUT2D eigenvalue weighted by Crippen LogP contribution is 2.22. The van der Waals surface area contributed by atoms with Crippen molar-refractivity contribution in [3.63, 3.8) is 0 Å². The van der Waals surface area contributed by atoms with Gasteiger partial charge >= 0.3 is 0 Å². The second-order valence-electron chi connectivity index (χ2n) is 6.68. The Balaban J connectivity index is 1.37. The normalized spacial score (nSPS) is 15.9. The summed E-state index contributed by atoms with van der Waals surface area (Å²) in [5.74, 6) is 0.861. The number of aromatic nitrogens is 3. The van der Waals surface area contributed by atoms with E-state index in [1.807, 2.05) is 41.4 Å². The molecule has 0 aliphatic carbocycles. The number of halogens is 1. The van der Waals surface area contributed by atoms with Crippen molar-refractivity contribution in [1.82, 2.24) is 19.9 Å². The van der Waals surface area contributed by atoms with E-state index in [2.05, 4.69) is 19.9 Å². The largest absolute Gasteiger partial charge is 0.357 e. The van der Waals surface area contributed by atoms with E-state index in [0.29, 0.717) is 37.6 Å². The molecule has 3 heterocycles. The van der Waals surface area contributed by atoms with Gasteiger partial charge in [0.05, 0.1) is 11.6 Å². The van der Waals surface area contributed by atoms with Crippen molar-refractivity contribution in [2.75, 3.05) is 31.1 Å². The van der Waals surface area contributed by atoms with Crippen LogP contribution in [-0.4, -0.2) is 58.0 Å². The van der Waals surface area contributed by atoms with Crippen LogP contribution in [0, 0.1) is 0 Å². The second-order valence-corrected chi connectivity index (χ2v) is 7.12. The minimum absolute atomic E-state index is 0.0164. The van der Waals surface area contributed by atoms with E-state index in [9.17, 15) is 4.79 Å². The fraction of sp³-hybridized carbons (Fsp3) is 0.316. The van der Waals surface area contributed by atoms with Crippen LogP contribution in [-0.2, 0) is 11.2 Å². The fourth-order valence-corrected chi connectivity index (χ4v) is 3.56. The molecule has 1 atom stereocenters. The molecule has 1 amide bonds. The van der Waals surface area contributed by atoms with Gasteiger partial charge in [-0.15, -0.1) is 0 Å². The van der Waals surface area contributed by atoms with Crippen molar-refractivity contribution in [2.45, 2.75) is 12.5 Å². The van der Waals surface area contributed by atoms with Crippen molar-refractivity contribution in [3.05, 3.63) is 53.4 Å². The van der Waals surface area contributed by atoms with Crippen molar-refractivity contribution >= 4 is 34.4 Å². The SMILES string of the molecule is N[C@H](Cc1ccc(Cl)cc1)C(=O)N1CCN(c2ncnc3cc[nH]c23)CC1. The predicted molar refractivity (Wildman–Crippen MR) is 106 cm³/mol. The number of hydrogen-bond donors (Lipinski definition) is 2. The van der Waals surface area contributed by atoms with Gasteiger partial charge in [0.25, 0.3) is 0 Å². The van der Waals surface area contributed by atoms with E-state index in [-0.39, 0.29) is 5.91 Å². The molecule has 3 aromatic rings. The van der Waals surface area contributed by atoms with Gasteiger partial charge in [0.1, 0.15) is 11.8 Å². The Labute approximate surface area is 162 Å². The number of nitrogens with one attached hydrogen (secondary N) is 1. The number of amides is 1. The Kier molecular flexibility index (Phi) is 4.96. The van der Waals surface area contributed by atoms with Gasteiger partial charge < -0.3 is 20.5 Å². The first kappa shape index (κ1) is 17.8. The van der Waals surface area contributed by atoms with Crippen LogP contribution in [0.25, 0.3) is 11.0 Å². The third-order valence-electron chi connectivity index (χ3n) is 4.90. The smallest absolute Gasteiger partial charge is 0.239 e. The van der Waals surface area contributed by atoms with Gasteiger partial charge in [0, 0.05) is 37.4 Å². The maximum atomic E-state index is 12.7. The quantitative estimate of drug-likeness (QED) is 0.716. The first-order chi connectivity index (χ1) is 13.1. The molecule has 1 aromatic carbocycles. The van der Waals surface area contributed by atoms with Gasteiger partial charge in [-0.1, -0.05) is 23.7 Å². The van der Waals surface area contributed by atoms with E-state index < -0.39 is 6.04 Å². The van der Waals surface area contributed by atoms with E-state index in [1.54, 1.807) is 6.33 Å². The van der Waals surface area contributed by atoms with Crippen molar-refractivity contribution in [1.29, 1.82) is 0 Å². The lowest BCUT2D eigenvalue weighted by atomic mass is 10.1. The minimum Gasteiger partial charge on any atom is -0.357 e. The summed E-state index contributed by atoms with van der Waals surface area (Å²) < 4.78 is 0. The molecule has 27 heavy (non-hydrogen) atoms. The highest BCUT2D eigenvalue weighted by atomic mass is 35.5. The highest BCUT2D eigenvalue weighted by molar-refractivity contribution is 6.30. The summed E-state index contributed by atoms with van der Waals surface area (Å²) in [5.41, 5.74) is 8.99. The van der Waals surface area contributed by atoms with Crippen molar-refractivity contribution in [2.24, 2.45) is 5.73 Å². The lowest BCUT2D eigenvalue weighted by molar-refractivity contribution is -0.132. The summed E-state index contributed by atoms with van der Waals surface area (Å²) >= 11 is 5.90. The molecule has 0 saturated carbocycles. The van der Waals surface area contributed by atoms with Crippen LogP contribution in [0.2, 0.25) is 5.02 Å². The van der Waals surface area contributed by atoms with Crippen LogP contribution >= 0.6 is 11.6 Å². The number of H-pyrrole nitrogens is 1. The summed E-state index contributed by atoms with van der Waals surface area (Å²) in [6.45, 7) is 2.67. The molecule has 2 aromatic heterocycles. The number of carbonyl (C=O) groups excluding carboxylic acids is 1. The van der Waals surface area contributed by atoms with Gasteiger partial charge in [-0.25, -0.2) is 9.97 Å². The molecule has 1 saturated heterocycles. The maximum absolute atomic E-state index is 12.7. The van der Waals surface area contributed by atoms with Crippen molar-refractivity contribution < 1.29 is 4.79 Å². The molecule has 0 spiro atoms. The van der Waals surface area contributed by atoms with E-state index in [4.69, 9.17) is 17.3 Å². The first-order valence-electron chi connectivity index (χ1n) is 8.93. The van der Waals surface area contributed by atoms with Crippen LogP contribution < -0.4 is 10.6 Å². The van der Waals surface area contributed by atoms with Crippen LogP contribution in [0.4, 0.5) is 5.82 Å². The summed E-state index contributed by atoms with van der Waals surface area (Å²) in [6, 6.07) is 8.82. The van der Waals surface area contributed by atoms with Crippen LogP contribution in [0.15, 0.2) is 42.9 Å². The molecule has 1 aliphatic rings. The third kappa shape index (κ3) is 3.74. The lowest BCUT2D eigenvalue weighted by Crippen LogP contribution is -2.53. The Hall–Kier alpha value is -2.64. The van der Waals surface area contributed by atoms with Crippen LogP contribution in [0.5, 0.6) is 0 Å². The van der Waals surface area contributed by atoms with Gasteiger partial charge in [-0.3, -0.25) is 4.79 Å². The van der Waals surface area contributed by atoms with Crippen molar-refractivity contribution in [3.8, 4) is 0 Å². The summed E-state index contributed by atoms with van der Waals surface area (Å²) in [6.07, 6.45) is 3.94. The zero-order valence-electron chi connectivity index (χ0n) is 14.8. The molecule has 1 aliphatic heterocycles. The number of nitrogens with zero attached hydrogens (tertiary/aromatic N) is 4. The molecule has 4 rings (SSSR count). The summed E-state index contributed by atoms with van der Waals surface area (Å²) in [7, 11) is 0. The molecule has 0 unspecified atom stereocenters. The number of hydrogen-bond acceptors (Lipinski definition) is 5. The zero-order valence-corrected chi connectivity index (χ0v) is 15.6. The van der Waals surface area contributed by atoms with Gasteiger partial charge in [-0.05, 0) is 30.2 Å². The highest BCUT2D eigenvalue weighted by Gasteiger charge is 2.26. The summed E-state index contributed by atoms with van der Waals surface area (Å²) in [4.78, 5) is 28.6. The van der Waals surface area contributed by atoms with E-state index >= 15 is 0 Å². The topological polar surface area (TPSA) is 91.1 Å². The Morgan fingerprint density at radius 2 is 1.89 bits per heavy atom. The number of rotatable bonds is 4. The van der Waals surface area contributed by atoms with Crippen LogP contribution in [0.1, 0.15) is 5.56 Å². The average molecular weight is 385 g/mol. The molecular weight excluding hydrogens is 364 g/mol. The van der Waals surface area contributed by atoms with Gasteiger partial charge in [-0.2, -0.15) is 0 Å². The standard InChI is InChI=1S/C19H21ClN6O/c20-14-3-1-13(2-4-14)11-15(21)19(27)26-9-7-25(8-10-26)18-17-16(5-6-22-17)23-12-24-18/h1-6,12,15,22H,7-11,21H2/t15-/m1/s1. The average Bonchev–Trinajstić information content (AvgIpc) is 3.18. The van der Waals surface area contributed by atoms with Gasteiger partial charge in [0.15, 0.2) is 5.82 Å². The Morgan fingerprint density at radius 3 is 2.63 bits per heavy atom. The predicted octanol–water partition coefficient (Wildman–Crippen LogP) is 1.83. The number of piperazine rings is 1. The maximum Gasteiger partial charge on any atom is 0.239 e. The molecule has 7 nitrogen and oxygen atoms in total. The second kappa shape index (κ2) is 7.54. The lowest BCUT2D eigenvalue weighted by Gasteiger charge is -2.36. The Bertz CT molecular complexity index is 933. The minimum atomic E-state index is -0.549. The third-order valence-corrected chi connectivity index (χ3v) is 5.15. The molecule has 0 radical (unpaired) electrons. The van der Waals surface area contributed by atoms with Gasteiger partial charge in [0.2, 0.25) is 5.91 Å². The molecule has 1 fully saturated rings. The monoisotopic (exact) mass is 384 g/mol. The molecule has 8 heteroatoms. The molecule has 3 N–H and O–H groups in total. The molecule has 0 bridgehead atoms. The van der Waals surface area contributed by atoms with E-state index in [1.165, 1.54) is 0 Å². The fourth-order valence-electron chi connectivity index (χ4n) is 3.43. The number of anilines is 1. The first-order valence-corrected chi connectivity index (χ1v) is 9.31. The molecular formula is C19H21ClN6O. The number of nitrogens with two attached hydrogens (primary N) is 1. The van der Waals surface area contributed by atoms with E-state index in [0.717, 1.165) is 22.4 Å². The zero-order chi connectivity index (χ0) is 18.8. The Morgan fingerprint density at radius 1 is 1.15 bits per heavy atom. The van der Waals surface area contributed by atoms with Crippen LogP contribution in [0.3, 0.4) is 0 Å². The summed E-state index contributed by atoms with van der Waals surface area (Å²) in [5, 5.41) is 0.677. The number of aromatic amines is 1.